The quantitative estimate of drug-likeness (QED) is 0.891. The third kappa shape index (κ3) is 4.38. The number of ether oxygens (including phenoxy) is 2. The van der Waals surface area contributed by atoms with Crippen LogP contribution in [0, 0.1) is 0 Å². The van der Waals surface area contributed by atoms with Gasteiger partial charge >= 0.3 is 5.97 Å². The van der Waals surface area contributed by atoms with Crippen LogP contribution in [0.5, 0.6) is 5.75 Å². The first-order chi connectivity index (χ1) is 9.15. The molecule has 1 aliphatic heterocycles. The van der Waals surface area contributed by atoms with Crippen molar-refractivity contribution in [1.82, 2.24) is 4.90 Å². The molecule has 1 fully saturated rings. The minimum Gasteiger partial charge on any atom is -0.480 e. The predicted molar refractivity (Wildman–Crippen MR) is 70.7 cm³/mol. The highest BCUT2D eigenvalue weighted by Crippen LogP contribution is 2.26. The van der Waals surface area contributed by atoms with Crippen molar-refractivity contribution < 1.29 is 19.4 Å². The lowest BCUT2D eigenvalue weighted by Gasteiger charge is -2.26. The summed E-state index contributed by atoms with van der Waals surface area (Å²) in [4.78, 5) is 12.7. The monoisotopic (exact) mass is 285 g/mol. The predicted octanol–water partition coefficient (Wildman–Crippen LogP) is 1.64. The van der Waals surface area contributed by atoms with Crippen molar-refractivity contribution >= 4 is 17.6 Å². The van der Waals surface area contributed by atoms with Gasteiger partial charge in [0.25, 0.3) is 0 Å². The van der Waals surface area contributed by atoms with Crippen LogP contribution in [-0.4, -0.2) is 48.9 Å². The van der Waals surface area contributed by atoms with E-state index in [1.165, 1.54) is 0 Å². The molecule has 1 aromatic rings. The number of carboxylic acid groups (broad SMARTS) is 1. The van der Waals surface area contributed by atoms with Crippen molar-refractivity contribution in [2.45, 2.75) is 6.54 Å². The molecule has 19 heavy (non-hydrogen) atoms. The zero-order valence-corrected chi connectivity index (χ0v) is 11.2. The Morgan fingerprint density at radius 3 is 2.79 bits per heavy atom. The van der Waals surface area contributed by atoms with Crippen LogP contribution in [0.25, 0.3) is 0 Å². The number of halogens is 1. The number of carbonyl (C=O) groups is 1. The minimum absolute atomic E-state index is 0.386. The van der Waals surface area contributed by atoms with Gasteiger partial charge in [0.05, 0.1) is 18.2 Å². The van der Waals surface area contributed by atoms with E-state index in [1.807, 2.05) is 12.1 Å². The number of aliphatic carboxylic acids is 1. The van der Waals surface area contributed by atoms with Gasteiger partial charge in [0.2, 0.25) is 0 Å². The summed E-state index contributed by atoms with van der Waals surface area (Å²) in [5.41, 5.74) is 1.08. The number of hydrogen-bond acceptors (Lipinski definition) is 4. The Labute approximate surface area is 116 Å². The third-order valence-corrected chi connectivity index (χ3v) is 3.15. The Hall–Kier alpha value is -1.30. The van der Waals surface area contributed by atoms with Crippen LogP contribution in [0.2, 0.25) is 5.02 Å². The Balaban J connectivity index is 1.95. The summed E-state index contributed by atoms with van der Waals surface area (Å²) in [6.07, 6.45) is 0. The second-order valence-electron chi connectivity index (χ2n) is 4.34. The average molecular weight is 286 g/mol. The van der Waals surface area contributed by atoms with Gasteiger partial charge < -0.3 is 14.6 Å². The molecule has 0 unspecified atom stereocenters. The van der Waals surface area contributed by atoms with Crippen LogP contribution in [-0.2, 0) is 16.1 Å². The molecule has 104 valence electrons. The van der Waals surface area contributed by atoms with Gasteiger partial charge in [0.1, 0.15) is 5.75 Å². The lowest BCUT2D eigenvalue weighted by atomic mass is 10.2. The number of rotatable bonds is 5. The van der Waals surface area contributed by atoms with Gasteiger partial charge in [-0.05, 0) is 17.7 Å². The SMILES string of the molecule is O=C(O)COc1ccc(CN2CCOCC2)cc1Cl. The molecule has 1 aliphatic rings. The minimum atomic E-state index is -1.02. The fraction of sp³-hybridized carbons (Fsp3) is 0.462. The fourth-order valence-corrected chi connectivity index (χ4v) is 2.17. The molecule has 0 saturated carbocycles. The lowest BCUT2D eigenvalue weighted by molar-refractivity contribution is -0.139. The maximum atomic E-state index is 10.4. The summed E-state index contributed by atoms with van der Waals surface area (Å²) >= 11 is 6.07. The molecule has 0 aliphatic carbocycles. The molecular weight excluding hydrogens is 270 g/mol. The molecule has 5 nitrogen and oxygen atoms in total. The molecule has 0 spiro atoms. The second kappa shape index (κ2) is 6.75. The molecule has 0 atom stereocenters. The first kappa shape index (κ1) is 14.1. The Bertz CT molecular complexity index is 446. The van der Waals surface area contributed by atoms with Crippen LogP contribution in [0.3, 0.4) is 0 Å². The van der Waals surface area contributed by atoms with Gasteiger partial charge in [0.15, 0.2) is 6.61 Å². The molecule has 0 amide bonds. The van der Waals surface area contributed by atoms with E-state index in [4.69, 9.17) is 26.2 Å². The third-order valence-electron chi connectivity index (χ3n) is 2.86. The number of morpholine rings is 1. The van der Waals surface area contributed by atoms with Crippen molar-refractivity contribution in [3.63, 3.8) is 0 Å². The van der Waals surface area contributed by atoms with E-state index < -0.39 is 5.97 Å². The molecule has 0 radical (unpaired) electrons. The first-order valence-corrected chi connectivity index (χ1v) is 6.46. The molecule has 0 aromatic heterocycles. The van der Waals surface area contributed by atoms with Gasteiger partial charge in [0, 0.05) is 19.6 Å². The average Bonchev–Trinajstić information content (AvgIpc) is 2.39. The zero-order valence-electron chi connectivity index (χ0n) is 10.5. The van der Waals surface area contributed by atoms with Crippen LogP contribution in [0.1, 0.15) is 5.56 Å². The van der Waals surface area contributed by atoms with Gasteiger partial charge in [-0.25, -0.2) is 4.79 Å². The van der Waals surface area contributed by atoms with E-state index in [-0.39, 0.29) is 6.61 Å². The van der Waals surface area contributed by atoms with E-state index >= 15 is 0 Å². The lowest BCUT2D eigenvalue weighted by Crippen LogP contribution is -2.35. The molecule has 1 N–H and O–H groups in total. The van der Waals surface area contributed by atoms with Crippen molar-refractivity contribution in [2.24, 2.45) is 0 Å². The summed E-state index contributed by atoms with van der Waals surface area (Å²) in [5.74, 6) is -0.622. The highest BCUT2D eigenvalue weighted by atomic mass is 35.5. The molecule has 1 heterocycles. The van der Waals surface area contributed by atoms with Gasteiger partial charge in [-0.1, -0.05) is 17.7 Å². The summed E-state index contributed by atoms with van der Waals surface area (Å²) < 4.78 is 10.4. The molecule has 1 aromatic carbocycles. The number of hydrogen-bond donors (Lipinski definition) is 1. The largest absolute Gasteiger partial charge is 0.480 e. The van der Waals surface area contributed by atoms with Crippen LogP contribution < -0.4 is 4.74 Å². The van der Waals surface area contributed by atoms with Crippen molar-refractivity contribution in [1.29, 1.82) is 0 Å². The van der Waals surface area contributed by atoms with Crippen LogP contribution >= 0.6 is 11.6 Å². The molecule has 6 heteroatoms. The van der Waals surface area contributed by atoms with Gasteiger partial charge in [-0.3, -0.25) is 4.90 Å². The van der Waals surface area contributed by atoms with E-state index in [1.54, 1.807) is 6.07 Å². The second-order valence-corrected chi connectivity index (χ2v) is 4.74. The Morgan fingerprint density at radius 2 is 2.16 bits per heavy atom. The summed E-state index contributed by atoms with van der Waals surface area (Å²) in [5, 5.41) is 8.99. The van der Waals surface area contributed by atoms with E-state index in [9.17, 15) is 4.79 Å². The molecule has 0 bridgehead atoms. The van der Waals surface area contributed by atoms with Crippen LogP contribution in [0.4, 0.5) is 0 Å². The van der Waals surface area contributed by atoms with E-state index in [0.29, 0.717) is 10.8 Å². The highest BCUT2D eigenvalue weighted by molar-refractivity contribution is 6.32. The zero-order chi connectivity index (χ0) is 13.7. The Kier molecular flexibility index (Phi) is 5.01. The topological polar surface area (TPSA) is 59.0 Å². The summed E-state index contributed by atoms with van der Waals surface area (Å²) in [6, 6.07) is 5.42. The van der Waals surface area contributed by atoms with Crippen LogP contribution in [0.15, 0.2) is 18.2 Å². The van der Waals surface area contributed by atoms with Gasteiger partial charge in [-0.15, -0.1) is 0 Å². The smallest absolute Gasteiger partial charge is 0.341 e. The van der Waals surface area contributed by atoms with E-state index in [2.05, 4.69) is 4.90 Å². The number of benzene rings is 1. The highest BCUT2D eigenvalue weighted by Gasteiger charge is 2.12. The standard InChI is InChI=1S/C13H16ClNO4/c14-11-7-10(8-15-3-5-18-6-4-15)1-2-12(11)19-9-13(16)17/h1-2,7H,3-6,8-9H2,(H,16,17). The number of carboxylic acids is 1. The van der Waals surface area contributed by atoms with Crippen molar-refractivity contribution in [3.8, 4) is 5.75 Å². The summed E-state index contributed by atoms with van der Waals surface area (Å²) in [6.45, 7) is 3.76. The fourth-order valence-electron chi connectivity index (χ4n) is 1.92. The normalized spacial score (nSPS) is 16.3. The molecular formula is C13H16ClNO4. The van der Waals surface area contributed by atoms with Gasteiger partial charge in [-0.2, -0.15) is 0 Å². The van der Waals surface area contributed by atoms with Crippen molar-refractivity contribution in [2.75, 3.05) is 32.9 Å². The first-order valence-electron chi connectivity index (χ1n) is 6.08. The van der Waals surface area contributed by atoms with Crippen molar-refractivity contribution in [3.05, 3.63) is 28.8 Å². The maximum Gasteiger partial charge on any atom is 0.341 e. The maximum absolute atomic E-state index is 10.4. The van der Waals surface area contributed by atoms with E-state index in [0.717, 1.165) is 38.4 Å². The Morgan fingerprint density at radius 1 is 1.42 bits per heavy atom. The molecule has 2 rings (SSSR count). The summed E-state index contributed by atoms with van der Waals surface area (Å²) in [7, 11) is 0. The number of nitrogens with zero attached hydrogens (tertiary/aromatic N) is 1. The molecule has 1 saturated heterocycles.